The average molecular weight is 282 g/mol. The van der Waals surface area contributed by atoms with E-state index in [0.717, 1.165) is 22.7 Å². The molecule has 0 aliphatic carbocycles. The number of nitrogens with one attached hydrogen (secondary N) is 1. The van der Waals surface area contributed by atoms with E-state index in [1.165, 1.54) is 0 Å². The van der Waals surface area contributed by atoms with Crippen molar-refractivity contribution in [3.05, 3.63) is 48.0 Å². The minimum Gasteiger partial charge on any atom is -0.479 e. The van der Waals surface area contributed by atoms with Gasteiger partial charge in [0, 0.05) is 18.3 Å². The van der Waals surface area contributed by atoms with Crippen LogP contribution >= 0.6 is 0 Å². The number of nitrogens with zero attached hydrogens (tertiary/aromatic N) is 1. The Bertz CT molecular complexity index is 662. The maximum atomic E-state index is 8.45. The molecule has 5 heteroatoms. The maximum absolute atomic E-state index is 8.45. The Kier molecular flexibility index (Phi) is 3.79. The van der Waals surface area contributed by atoms with Crippen molar-refractivity contribution in [1.82, 2.24) is 0 Å². The maximum Gasteiger partial charge on any atom is 0.231 e. The summed E-state index contributed by atoms with van der Waals surface area (Å²) in [6.45, 7) is 1.04. The average Bonchev–Trinajstić information content (AvgIpc) is 2.99. The lowest BCUT2D eigenvalue weighted by atomic mass is 10.2. The molecule has 1 aliphatic heterocycles. The number of rotatable bonds is 5. The van der Waals surface area contributed by atoms with Gasteiger partial charge < -0.3 is 19.5 Å². The molecule has 0 amide bonds. The smallest absolute Gasteiger partial charge is 0.231 e. The first-order valence-corrected chi connectivity index (χ1v) is 6.57. The second kappa shape index (κ2) is 6.06. The third-order valence-corrected chi connectivity index (χ3v) is 3.10. The highest BCUT2D eigenvalue weighted by Gasteiger charge is 2.12. The van der Waals surface area contributed by atoms with Crippen molar-refractivity contribution in [2.75, 3.05) is 18.7 Å². The van der Waals surface area contributed by atoms with Gasteiger partial charge in [-0.25, -0.2) is 0 Å². The standard InChI is InChI=1S/C16H14N2O3/c17-7-8-19-14-4-1-12(2-5-14)10-18-13-3-6-15-16(9-13)21-11-20-15/h1-6,9,18H,8,10-11H2. The summed E-state index contributed by atoms with van der Waals surface area (Å²) in [5, 5.41) is 11.8. The van der Waals surface area contributed by atoms with Crippen LogP contribution in [0.5, 0.6) is 17.2 Å². The van der Waals surface area contributed by atoms with Crippen LogP contribution in [0.15, 0.2) is 42.5 Å². The van der Waals surface area contributed by atoms with Gasteiger partial charge in [0.15, 0.2) is 18.1 Å². The van der Waals surface area contributed by atoms with Gasteiger partial charge in [-0.2, -0.15) is 5.26 Å². The summed E-state index contributed by atoms with van der Waals surface area (Å²) in [6.07, 6.45) is 0. The molecule has 5 nitrogen and oxygen atoms in total. The fraction of sp³-hybridized carbons (Fsp3) is 0.188. The molecule has 0 saturated heterocycles. The van der Waals surface area contributed by atoms with Crippen LogP contribution in [-0.2, 0) is 6.54 Å². The van der Waals surface area contributed by atoms with Gasteiger partial charge in [-0.3, -0.25) is 0 Å². The van der Waals surface area contributed by atoms with Gasteiger partial charge in [0.05, 0.1) is 0 Å². The van der Waals surface area contributed by atoms with Crippen molar-refractivity contribution in [2.45, 2.75) is 6.54 Å². The first-order valence-electron chi connectivity index (χ1n) is 6.57. The van der Waals surface area contributed by atoms with Gasteiger partial charge in [0.2, 0.25) is 6.79 Å². The van der Waals surface area contributed by atoms with Crippen LogP contribution in [0, 0.1) is 11.3 Å². The zero-order valence-electron chi connectivity index (χ0n) is 11.3. The molecular formula is C16H14N2O3. The molecule has 106 valence electrons. The van der Waals surface area contributed by atoms with Gasteiger partial charge in [0.1, 0.15) is 11.8 Å². The van der Waals surface area contributed by atoms with Gasteiger partial charge in [-0.1, -0.05) is 12.1 Å². The van der Waals surface area contributed by atoms with E-state index in [0.29, 0.717) is 12.3 Å². The molecule has 0 saturated carbocycles. The molecule has 0 unspecified atom stereocenters. The molecule has 1 N–H and O–H groups in total. The van der Waals surface area contributed by atoms with Crippen LogP contribution in [0.1, 0.15) is 5.56 Å². The van der Waals surface area contributed by atoms with E-state index in [9.17, 15) is 0 Å². The lowest BCUT2D eigenvalue weighted by Crippen LogP contribution is -1.99. The highest BCUT2D eigenvalue weighted by molar-refractivity contribution is 5.55. The van der Waals surface area contributed by atoms with Gasteiger partial charge >= 0.3 is 0 Å². The van der Waals surface area contributed by atoms with Crippen LogP contribution in [0.2, 0.25) is 0 Å². The zero-order valence-corrected chi connectivity index (χ0v) is 11.3. The predicted octanol–water partition coefficient (Wildman–Crippen LogP) is 2.93. The number of hydrogen-bond donors (Lipinski definition) is 1. The van der Waals surface area contributed by atoms with E-state index in [1.807, 2.05) is 48.5 Å². The lowest BCUT2D eigenvalue weighted by molar-refractivity contribution is 0.174. The van der Waals surface area contributed by atoms with Crippen molar-refractivity contribution in [3.63, 3.8) is 0 Å². The van der Waals surface area contributed by atoms with E-state index in [4.69, 9.17) is 19.5 Å². The van der Waals surface area contributed by atoms with Crippen LogP contribution in [-0.4, -0.2) is 13.4 Å². The fourth-order valence-corrected chi connectivity index (χ4v) is 2.03. The normalized spacial score (nSPS) is 11.8. The molecule has 2 aromatic rings. The molecule has 0 radical (unpaired) electrons. The second-order valence-corrected chi connectivity index (χ2v) is 4.51. The summed E-state index contributed by atoms with van der Waals surface area (Å²) in [4.78, 5) is 0. The summed E-state index contributed by atoms with van der Waals surface area (Å²) in [5.41, 5.74) is 2.10. The van der Waals surface area contributed by atoms with Gasteiger partial charge in [-0.05, 0) is 29.8 Å². The number of benzene rings is 2. The predicted molar refractivity (Wildman–Crippen MR) is 77.4 cm³/mol. The first-order chi connectivity index (χ1) is 10.3. The Morgan fingerprint density at radius 3 is 2.71 bits per heavy atom. The minimum absolute atomic E-state index is 0.0643. The quantitative estimate of drug-likeness (QED) is 0.913. The summed E-state index contributed by atoms with van der Waals surface area (Å²) in [5.74, 6) is 2.24. The van der Waals surface area contributed by atoms with Crippen molar-refractivity contribution < 1.29 is 14.2 Å². The SMILES string of the molecule is N#CCOc1ccc(CNc2ccc3c(c2)OCO3)cc1. The van der Waals surface area contributed by atoms with Crippen molar-refractivity contribution in [3.8, 4) is 23.3 Å². The Hall–Kier alpha value is -2.87. The summed E-state index contributed by atoms with van der Waals surface area (Å²) >= 11 is 0. The van der Waals surface area contributed by atoms with Crippen molar-refractivity contribution in [2.24, 2.45) is 0 Å². The molecular weight excluding hydrogens is 268 g/mol. The lowest BCUT2D eigenvalue weighted by Gasteiger charge is -2.08. The molecule has 0 bridgehead atoms. The summed E-state index contributed by atoms with van der Waals surface area (Å²) < 4.78 is 15.8. The molecule has 0 aromatic heterocycles. The molecule has 2 aromatic carbocycles. The van der Waals surface area contributed by atoms with E-state index < -0.39 is 0 Å². The zero-order chi connectivity index (χ0) is 14.5. The summed E-state index contributed by atoms with van der Waals surface area (Å²) in [6, 6.07) is 15.4. The minimum atomic E-state index is 0.0643. The van der Waals surface area contributed by atoms with E-state index in [-0.39, 0.29) is 13.4 Å². The first kappa shape index (κ1) is 13.1. The monoisotopic (exact) mass is 282 g/mol. The molecule has 3 rings (SSSR count). The third kappa shape index (κ3) is 3.18. The van der Waals surface area contributed by atoms with Gasteiger partial charge in [-0.15, -0.1) is 0 Å². The number of ether oxygens (including phenoxy) is 3. The Morgan fingerprint density at radius 2 is 1.90 bits per heavy atom. The largest absolute Gasteiger partial charge is 0.479 e. The Morgan fingerprint density at radius 1 is 1.10 bits per heavy atom. The van der Waals surface area contributed by atoms with Crippen LogP contribution in [0.25, 0.3) is 0 Å². The molecule has 0 fully saturated rings. The van der Waals surface area contributed by atoms with E-state index in [1.54, 1.807) is 0 Å². The molecule has 0 spiro atoms. The Labute approximate surface area is 122 Å². The van der Waals surface area contributed by atoms with E-state index in [2.05, 4.69) is 5.32 Å². The molecule has 1 aliphatic rings. The summed E-state index contributed by atoms with van der Waals surface area (Å²) in [7, 11) is 0. The Balaban J connectivity index is 1.58. The number of hydrogen-bond acceptors (Lipinski definition) is 5. The fourth-order valence-electron chi connectivity index (χ4n) is 2.03. The number of fused-ring (bicyclic) bond motifs is 1. The van der Waals surface area contributed by atoms with Crippen LogP contribution in [0.4, 0.5) is 5.69 Å². The molecule has 0 atom stereocenters. The second-order valence-electron chi connectivity index (χ2n) is 4.51. The highest BCUT2D eigenvalue weighted by atomic mass is 16.7. The van der Waals surface area contributed by atoms with Crippen LogP contribution in [0.3, 0.4) is 0 Å². The van der Waals surface area contributed by atoms with E-state index >= 15 is 0 Å². The molecule has 1 heterocycles. The topological polar surface area (TPSA) is 63.5 Å². The van der Waals surface area contributed by atoms with Gasteiger partial charge in [0.25, 0.3) is 0 Å². The highest BCUT2D eigenvalue weighted by Crippen LogP contribution is 2.34. The third-order valence-electron chi connectivity index (χ3n) is 3.10. The number of nitriles is 1. The van der Waals surface area contributed by atoms with Crippen LogP contribution < -0.4 is 19.5 Å². The molecule has 21 heavy (non-hydrogen) atoms. The number of anilines is 1. The van der Waals surface area contributed by atoms with Crippen molar-refractivity contribution in [1.29, 1.82) is 5.26 Å². The van der Waals surface area contributed by atoms with Crippen molar-refractivity contribution >= 4 is 5.69 Å².